The normalized spacial score (nSPS) is 10.1. The van der Waals surface area contributed by atoms with Crippen molar-refractivity contribution < 1.29 is 5.11 Å². The molecular weight excluding hydrogens is 200 g/mol. The number of hydrogen-bond acceptors (Lipinski definition) is 3. The summed E-state index contributed by atoms with van der Waals surface area (Å²) in [5.74, 6) is -0.0551. The van der Waals surface area contributed by atoms with Gasteiger partial charge < -0.3 is 5.11 Å². The second kappa shape index (κ2) is 3.64. The van der Waals surface area contributed by atoms with E-state index in [2.05, 4.69) is 10.2 Å². The van der Waals surface area contributed by atoms with Crippen LogP contribution in [0.25, 0.3) is 11.3 Å². The molecule has 0 aliphatic heterocycles. The van der Waals surface area contributed by atoms with Gasteiger partial charge in [-0.1, -0.05) is 41.9 Å². The first-order valence-corrected chi connectivity index (χ1v) is 4.43. The monoisotopic (exact) mass is 206 g/mol. The summed E-state index contributed by atoms with van der Waals surface area (Å²) in [6.45, 7) is 0. The van der Waals surface area contributed by atoms with Gasteiger partial charge in [-0.15, -0.1) is 10.2 Å². The van der Waals surface area contributed by atoms with Gasteiger partial charge >= 0.3 is 0 Å². The molecule has 70 valence electrons. The van der Waals surface area contributed by atoms with E-state index in [1.807, 2.05) is 30.3 Å². The van der Waals surface area contributed by atoms with Crippen LogP contribution in [-0.2, 0) is 0 Å². The van der Waals surface area contributed by atoms with Crippen molar-refractivity contribution in [2.45, 2.75) is 0 Å². The molecule has 0 saturated heterocycles. The lowest BCUT2D eigenvalue weighted by Gasteiger charge is -2.00. The second-order valence-electron chi connectivity index (χ2n) is 2.77. The zero-order chi connectivity index (χ0) is 9.97. The molecule has 0 aliphatic rings. The van der Waals surface area contributed by atoms with E-state index in [1.165, 1.54) is 6.07 Å². The summed E-state index contributed by atoms with van der Waals surface area (Å²) >= 11 is 5.54. The average Bonchev–Trinajstić information content (AvgIpc) is 2.23. The molecule has 3 nitrogen and oxygen atoms in total. The Hall–Kier alpha value is -1.61. The minimum absolute atomic E-state index is 0.0182. The summed E-state index contributed by atoms with van der Waals surface area (Å²) in [6, 6.07) is 11.0. The fourth-order valence-electron chi connectivity index (χ4n) is 1.12. The lowest BCUT2D eigenvalue weighted by atomic mass is 10.1. The van der Waals surface area contributed by atoms with Crippen LogP contribution in [-0.4, -0.2) is 15.3 Å². The number of hydrogen-bond donors (Lipinski definition) is 1. The SMILES string of the molecule is Oc1cc(-c2ccccc2)nnc1Cl. The molecule has 1 N–H and O–H groups in total. The fraction of sp³-hybridized carbons (Fsp3) is 0. The topological polar surface area (TPSA) is 46.0 Å². The number of halogens is 1. The van der Waals surface area contributed by atoms with Gasteiger partial charge in [-0.05, 0) is 0 Å². The Morgan fingerprint density at radius 1 is 1.07 bits per heavy atom. The van der Waals surface area contributed by atoms with Crippen molar-refractivity contribution in [3.05, 3.63) is 41.6 Å². The van der Waals surface area contributed by atoms with Gasteiger partial charge in [-0.3, -0.25) is 0 Å². The molecule has 1 aromatic carbocycles. The highest BCUT2D eigenvalue weighted by atomic mass is 35.5. The fourth-order valence-corrected chi connectivity index (χ4v) is 1.21. The van der Waals surface area contributed by atoms with Gasteiger partial charge in [0.1, 0.15) is 0 Å². The maximum atomic E-state index is 9.33. The van der Waals surface area contributed by atoms with E-state index in [0.717, 1.165) is 5.56 Å². The standard InChI is InChI=1S/C10H7ClN2O/c11-10-9(14)6-8(12-13-10)7-4-2-1-3-5-7/h1-6H,(H,12,14). The Morgan fingerprint density at radius 2 is 1.79 bits per heavy atom. The number of benzene rings is 1. The molecule has 2 aromatic rings. The number of nitrogens with zero attached hydrogens (tertiary/aromatic N) is 2. The third kappa shape index (κ3) is 1.67. The molecular formula is C10H7ClN2O. The molecule has 0 amide bonds. The molecule has 0 aliphatic carbocycles. The summed E-state index contributed by atoms with van der Waals surface area (Å²) in [5.41, 5.74) is 1.50. The van der Waals surface area contributed by atoms with Crippen molar-refractivity contribution in [3.63, 3.8) is 0 Å². The third-order valence-electron chi connectivity index (χ3n) is 1.80. The summed E-state index contributed by atoms with van der Waals surface area (Å²) in [5, 5.41) is 16.8. The van der Waals surface area contributed by atoms with E-state index >= 15 is 0 Å². The van der Waals surface area contributed by atoms with E-state index in [1.54, 1.807) is 0 Å². The lowest BCUT2D eigenvalue weighted by molar-refractivity contribution is 0.471. The first-order chi connectivity index (χ1) is 6.77. The van der Waals surface area contributed by atoms with Crippen molar-refractivity contribution in [1.82, 2.24) is 10.2 Å². The number of aromatic hydroxyl groups is 1. The predicted molar refractivity (Wildman–Crippen MR) is 54.1 cm³/mol. The molecule has 0 saturated carbocycles. The van der Waals surface area contributed by atoms with Crippen molar-refractivity contribution in [3.8, 4) is 17.0 Å². The summed E-state index contributed by atoms with van der Waals surface area (Å²) in [6.07, 6.45) is 0. The first kappa shape index (κ1) is 8.97. The maximum absolute atomic E-state index is 9.33. The van der Waals surface area contributed by atoms with E-state index in [9.17, 15) is 5.11 Å². The quantitative estimate of drug-likeness (QED) is 0.780. The minimum atomic E-state index is -0.0551. The van der Waals surface area contributed by atoms with Crippen LogP contribution in [0, 0.1) is 0 Å². The molecule has 0 atom stereocenters. The predicted octanol–water partition coefficient (Wildman–Crippen LogP) is 2.50. The summed E-state index contributed by atoms with van der Waals surface area (Å²) in [7, 11) is 0. The average molecular weight is 207 g/mol. The maximum Gasteiger partial charge on any atom is 0.193 e. The van der Waals surface area contributed by atoms with E-state index in [-0.39, 0.29) is 10.9 Å². The number of aromatic nitrogens is 2. The Kier molecular flexibility index (Phi) is 2.33. The Morgan fingerprint density at radius 3 is 2.43 bits per heavy atom. The highest BCUT2D eigenvalue weighted by molar-refractivity contribution is 6.30. The van der Waals surface area contributed by atoms with Crippen LogP contribution < -0.4 is 0 Å². The van der Waals surface area contributed by atoms with Gasteiger partial charge in [-0.2, -0.15) is 0 Å². The van der Waals surface area contributed by atoms with Crippen LogP contribution in [0.15, 0.2) is 36.4 Å². The van der Waals surface area contributed by atoms with Crippen LogP contribution in [0.3, 0.4) is 0 Å². The van der Waals surface area contributed by atoms with Gasteiger partial charge in [0.2, 0.25) is 0 Å². The van der Waals surface area contributed by atoms with E-state index in [4.69, 9.17) is 11.6 Å². The van der Waals surface area contributed by atoms with E-state index in [0.29, 0.717) is 5.69 Å². The lowest BCUT2D eigenvalue weighted by Crippen LogP contribution is -1.87. The molecule has 14 heavy (non-hydrogen) atoms. The van der Waals surface area contributed by atoms with Crippen LogP contribution in [0.5, 0.6) is 5.75 Å². The van der Waals surface area contributed by atoms with Crippen LogP contribution in [0.4, 0.5) is 0 Å². The molecule has 1 heterocycles. The van der Waals surface area contributed by atoms with Crippen molar-refractivity contribution in [1.29, 1.82) is 0 Å². The van der Waals surface area contributed by atoms with Gasteiger partial charge in [0, 0.05) is 11.6 Å². The highest BCUT2D eigenvalue weighted by Gasteiger charge is 2.04. The summed E-state index contributed by atoms with van der Waals surface area (Å²) in [4.78, 5) is 0. The third-order valence-corrected chi connectivity index (χ3v) is 2.07. The van der Waals surface area contributed by atoms with Crippen molar-refractivity contribution in [2.24, 2.45) is 0 Å². The van der Waals surface area contributed by atoms with Gasteiger partial charge in [0.25, 0.3) is 0 Å². The van der Waals surface area contributed by atoms with Crippen LogP contribution in [0.2, 0.25) is 5.15 Å². The van der Waals surface area contributed by atoms with Crippen LogP contribution >= 0.6 is 11.6 Å². The van der Waals surface area contributed by atoms with Gasteiger partial charge in [0.05, 0.1) is 5.69 Å². The van der Waals surface area contributed by atoms with Gasteiger partial charge in [-0.25, -0.2) is 0 Å². The van der Waals surface area contributed by atoms with Crippen LogP contribution in [0.1, 0.15) is 0 Å². The van der Waals surface area contributed by atoms with Crippen molar-refractivity contribution in [2.75, 3.05) is 0 Å². The zero-order valence-electron chi connectivity index (χ0n) is 7.18. The highest BCUT2D eigenvalue weighted by Crippen LogP contribution is 2.24. The molecule has 2 rings (SSSR count). The minimum Gasteiger partial charge on any atom is -0.505 e. The second-order valence-corrected chi connectivity index (χ2v) is 3.13. The Balaban J connectivity index is 2.48. The molecule has 0 spiro atoms. The molecule has 0 unspecified atom stereocenters. The number of rotatable bonds is 1. The molecule has 0 radical (unpaired) electrons. The van der Waals surface area contributed by atoms with Crippen molar-refractivity contribution >= 4 is 11.6 Å². The Labute approximate surface area is 86.0 Å². The first-order valence-electron chi connectivity index (χ1n) is 4.05. The van der Waals surface area contributed by atoms with E-state index < -0.39 is 0 Å². The Bertz CT molecular complexity index is 445. The summed E-state index contributed by atoms with van der Waals surface area (Å²) < 4.78 is 0. The molecule has 0 bridgehead atoms. The molecule has 1 aromatic heterocycles. The molecule has 4 heteroatoms. The smallest absolute Gasteiger partial charge is 0.193 e. The van der Waals surface area contributed by atoms with Gasteiger partial charge in [0.15, 0.2) is 10.9 Å². The molecule has 0 fully saturated rings. The zero-order valence-corrected chi connectivity index (χ0v) is 7.94. The largest absolute Gasteiger partial charge is 0.505 e.